The van der Waals surface area contributed by atoms with Crippen LogP contribution in [-0.4, -0.2) is 44.6 Å². The molecule has 1 atom stereocenters. The van der Waals surface area contributed by atoms with Gasteiger partial charge in [0.1, 0.15) is 0 Å². The zero-order valence-corrected chi connectivity index (χ0v) is 10.4. The van der Waals surface area contributed by atoms with Gasteiger partial charge in [-0.1, -0.05) is 6.92 Å². The fourth-order valence-corrected chi connectivity index (χ4v) is 2.14. The first kappa shape index (κ1) is 14.8. The molecule has 0 saturated heterocycles. The maximum absolute atomic E-state index is 11.4. The van der Waals surface area contributed by atoms with Crippen LogP contribution >= 0.6 is 0 Å². The molecule has 0 rings (SSSR count). The summed E-state index contributed by atoms with van der Waals surface area (Å²) in [7, 11) is -3.34. The molecule has 92 valence electrons. The van der Waals surface area contributed by atoms with Gasteiger partial charge in [0.15, 0.2) is 0 Å². The van der Waals surface area contributed by atoms with Gasteiger partial charge in [-0.3, -0.25) is 0 Å². The summed E-state index contributed by atoms with van der Waals surface area (Å²) in [5.41, 5.74) is 0. The lowest BCUT2D eigenvalue weighted by Gasteiger charge is -2.14. The predicted molar refractivity (Wildman–Crippen MR) is 59.2 cm³/mol. The Balaban J connectivity index is 3.96. The van der Waals surface area contributed by atoms with E-state index in [9.17, 15) is 8.42 Å². The largest absolute Gasteiger partial charge is 0.395 e. The van der Waals surface area contributed by atoms with E-state index in [0.29, 0.717) is 6.42 Å². The molecule has 0 fully saturated rings. The van der Waals surface area contributed by atoms with Gasteiger partial charge in [0.05, 0.1) is 25.1 Å². The standard InChI is InChI=1S/C9H21NO4S/c1-4-9(7-11)10-15(12,13)6-5-14-8(2)3/h8-11H,4-7H2,1-3H3. The zero-order valence-electron chi connectivity index (χ0n) is 9.56. The average Bonchev–Trinajstić information content (AvgIpc) is 2.13. The summed E-state index contributed by atoms with van der Waals surface area (Å²) < 4.78 is 30.4. The lowest BCUT2D eigenvalue weighted by molar-refractivity contribution is 0.0910. The van der Waals surface area contributed by atoms with E-state index in [1.54, 1.807) is 0 Å². The molecule has 6 heteroatoms. The van der Waals surface area contributed by atoms with Gasteiger partial charge in [-0.2, -0.15) is 0 Å². The smallest absolute Gasteiger partial charge is 0.214 e. The summed E-state index contributed by atoms with van der Waals surface area (Å²) in [6, 6.07) is -0.394. The Morgan fingerprint density at radius 2 is 2.00 bits per heavy atom. The molecule has 1 unspecified atom stereocenters. The number of rotatable bonds is 8. The van der Waals surface area contributed by atoms with Crippen LogP contribution in [0.1, 0.15) is 27.2 Å². The summed E-state index contributed by atoms with van der Waals surface area (Å²) in [5, 5.41) is 8.84. The van der Waals surface area contributed by atoms with Gasteiger partial charge >= 0.3 is 0 Å². The van der Waals surface area contributed by atoms with Crippen molar-refractivity contribution in [1.29, 1.82) is 0 Å². The molecule has 0 aromatic carbocycles. The number of hydrogen-bond donors (Lipinski definition) is 2. The van der Waals surface area contributed by atoms with Gasteiger partial charge in [0.25, 0.3) is 0 Å². The SMILES string of the molecule is CCC(CO)NS(=O)(=O)CCOC(C)C. The van der Waals surface area contributed by atoms with Gasteiger partial charge in [-0.15, -0.1) is 0 Å². The van der Waals surface area contributed by atoms with Gasteiger partial charge in [0.2, 0.25) is 10.0 Å². The summed E-state index contributed by atoms with van der Waals surface area (Å²) in [4.78, 5) is 0. The van der Waals surface area contributed by atoms with Crippen LogP contribution in [0, 0.1) is 0 Å². The minimum atomic E-state index is -3.34. The Kier molecular flexibility index (Phi) is 7.08. The Morgan fingerprint density at radius 3 is 2.40 bits per heavy atom. The molecule has 0 spiro atoms. The highest BCUT2D eigenvalue weighted by atomic mass is 32.2. The summed E-state index contributed by atoms with van der Waals surface area (Å²) >= 11 is 0. The monoisotopic (exact) mass is 239 g/mol. The minimum Gasteiger partial charge on any atom is -0.395 e. The molecule has 0 amide bonds. The highest BCUT2D eigenvalue weighted by molar-refractivity contribution is 7.89. The molecule has 0 aliphatic carbocycles. The second-order valence-electron chi connectivity index (χ2n) is 3.64. The number of nitrogens with one attached hydrogen (secondary N) is 1. The second-order valence-corrected chi connectivity index (χ2v) is 5.52. The predicted octanol–water partition coefficient (Wildman–Crippen LogP) is 0.102. The van der Waals surface area contributed by atoms with E-state index in [4.69, 9.17) is 9.84 Å². The Morgan fingerprint density at radius 1 is 1.40 bits per heavy atom. The van der Waals surface area contributed by atoms with Crippen LogP contribution in [0.2, 0.25) is 0 Å². The first-order chi connectivity index (χ1) is 6.91. The van der Waals surface area contributed by atoms with Crippen molar-refractivity contribution in [2.24, 2.45) is 0 Å². The summed E-state index contributed by atoms with van der Waals surface area (Å²) in [6.45, 7) is 5.51. The van der Waals surface area contributed by atoms with Crippen LogP contribution in [0.25, 0.3) is 0 Å². The first-order valence-electron chi connectivity index (χ1n) is 5.13. The number of hydrogen-bond acceptors (Lipinski definition) is 4. The van der Waals surface area contributed by atoms with E-state index in [1.807, 2.05) is 20.8 Å². The molecule has 15 heavy (non-hydrogen) atoms. The summed E-state index contributed by atoms with van der Waals surface area (Å²) in [5.74, 6) is -0.0678. The molecule has 0 saturated carbocycles. The van der Waals surface area contributed by atoms with Crippen LogP contribution in [-0.2, 0) is 14.8 Å². The van der Waals surface area contributed by atoms with Crippen LogP contribution < -0.4 is 4.72 Å². The van der Waals surface area contributed by atoms with Gasteiger partial charge in [-0.05, 0) is 20.3 Å². The van der Waals surface area contributed by atoms with Crippen molar-refractivity contribution < 1.29 is 18.3 Å². The molecule has 0 radical (unpaired) electrons. The fraction of sp³-hybridized carbons (Fsp3) is 1.00. The maximum atomic E-state index is 11.4. The quantitative estimate of drug-likeness (QED) is 0.630. The van der Waals surface area contributed by atoms with E-state index >= 15 is 0 Å². The zero-order chi connectivity index (χ0) is 11.9. The minimum absolute atomic E-state index is 0.0278. The van der Waals surface area contributed by atoms with Crippen molar-refractivity contribution in [1.82, 2.24) is 4.72 Å². The third kappa shape index (κ3) is 7.72. The number of aliphatic hydroxyl groups excluding tert-OH is 1. The van der Waals surface area contributed by atoms with Gasteiger partial charge in [0, 0.05) is 6.04 Å². The van der Waals surface area contributed by atoms with Gasteiger partial charge in [-0.25, -0.2) is 13.1 Å². The normalized spacial score (nSPS) is 14.5. The third-order valence-corrected chi connectivity index (χ3v) is 3.26. The van der Waals surface area contributed by atoms with Crippen molar-refractivity contribution in [3.63, 3.8) is 0 Å². The lowest BCUT2D eigenvalue weighted by Crippen LogP contribution is -2.39. The molecule has 0 heterocycles. The molecule has 0 aromatic heterocycles. The highest BCUT2D eigenvalue weighted by Crippen LogP contribution is 1.95. The van der Waals surface area contributed by atoms with Crippen molar-refractivity contribution in [2.75, 3.05) is 19.0 Å². The van der Waals surface area contributed by atoms with E-state index in [-0.39, 0.29) is 25.1 Å². The number of aliphatic hydroxyl groups is 1. The van der Waals surface area contributed by atoms with Crippen molar-refractivity contribution >= 4 is 10.0 Å². The lowest BCUT2D eigenvalue weighted by atomic mass is 10.3. The Labute approximate surface area is 91.9 Å². The van der Waals surface area contributed by atoms with E-state index in [2.05, 4.69) is 4.72 Å². The highest BCUT2D eigenvalue weighted by Gasteiger charge is 2.15. The van der Waals surface area contributed by atoms with Crippen LogP contribution in [0.4, 0.5) is 0 Å². The van der Waals surface area contributed by atoms with Crippen LogP contribution in [0.3, 0.4) is 0 Å². The molecule has 0 aromatic rings. The molecule has 2 N–H and O–H groups in total. The average molecular weight is 239 g/mol. The Hall–Kier alpha value is -0.170. The van der Waals surface area contributed by atoms with E-state index in [0.717, 1.165) is 0 Å². The molecule has 0 aliphatic rings. The first-order valence-corrected chi connectivity index (χ1v) is 6.79. The summed E-state index contributed by atoms with van der Waals surface area (Å²) in [6.07, 6.45) is 0.598. The molecule has 0 bridgehead atoms. The topological polar surface area (TPSA) is 75.6 Å². The van der Waals surface area contributed by atoms with Crippen molar-refractivity contribution in [2.45, 2.75) is 39.3 Å². The fourth-order valence-electron chi connectivity index (χ4n) is 0.956. The molecular formula is C9H21NO4S. The molecule has 0 aliphatic heterocycles. The maximum Gasteiger partial charge on any atom is 0.214 e. The van der Waals surface area contributed by atoms with E-state index in [1.165, 1.54) is 0 Å². The van der Waals surface area contributed by atoms with Crippen LogP contribution in [0.5, 0.6) is 0 Å². The van der Waals surface area contributed by atoms with Gasteiger partial charge < -0.3 is 9.84 Å². The second kappa shape index (κ2) is 7.16. The van der Waals surface area contributed by atoms with Crippen LogP contribution in [0.15, 0.2) is 0 Å². The Bertz CT molecular complexity index is 247. The number of ether oxygens (including phenoxy) is 1. The molecule has 5 nitrogen and oxygen atoms in total. The van der Waals surface area contributed by atoms with E-state index < -0.39 is 16.1 Å². The van der Waals surface area contributed by atoms with Crippen molar-refractivity contribution in [3.05, 3.63) is 0 Å². The van der Waals surface area contributed by atoms with Crippen molar-refractivity contribution in [3.8, 4) is 0 Å². The number of sulfonamides is 1. The molecular weight excluding hydrogens is 218 g/mol. The third-order valence-electron chi connectivity index (χ3n) is 1.86.